The maximum absolute atomic E-state index is 14.1. The van der Waals surface area contributed by atoms with Gasteiger partial charge < -0.3 is 11.1 Å². The molecule has 1 heterocycles. The van der Waals surface area contributed by atoms with Gasteiger partial charge in [-0.2, -0.15) is 0 Å². The second kappa shape index (κ2) is 10.3. The first kappa shape index (κ1) is 25.3. The highest BCUT2D eigenvalue weighted by Crippen LogP contribution is 2.23. The molecule has 1 aliphatic rings. The van der Waals surface area contributed by atoms with Gasteiger partial charge in [-0.05, 0) is 37.1 Å². The van der Waals surface area contributed by atoms with Crippen LogP contribution in [0.15, 0.2) is 58.5 Å². The lowest BCUT2D eigenvalue weighted by Crippen LogP contribution is -2.49. The lowest BCUT2D eigenvalue weighted by Gasteiger charge is -2.29. The number of carbonyl (C=O) groups excluding carboxylic acids is 2. The van der Waals surface area contributed by atoms with Crippen molar-refractivity contribution in [1.29, 1.82) is 5.41 Å². The van der Waals surface area contributed by atoms with E-state index in [0.29, 0.717) is 17.6 Å². The molecule has 0 radical (unpaired) electrons. The zero-order valence-electron chi connectivity index (χ0n) is 18.2. The van der Waals surface area contributed by atoms with E-state index in [2.05, 4.69) is 10.1 Å². The summed E-state index contributed by atoms with van der Waals surface area (Å²) < 4.78 is 39.3. The number of halogens is 2. The van der Waals surface area contributed by atoms with Crippen LogP contribution in [-0.2, 0) is 26.2 Å². The average Bonchev–Trinajstić information content (AvgIpc) is 2.77. The summed E-state index contributed by atoms with van der Waals surface area (Å²) in [5.41, 5.74) is 7.58. The van der Waals surface area contributed by atoms with Gasteiger partial charge >= 0.3 is 0 Å². The topological polar surface area (TPSA) is 145 Å². The SMILES string of the molecule is CC1=C(CC(=O)NCc2ccc(C(=N)N)cc2)C(=O)N(NS(=O)(=O)c2ccc(Cl)cc2F)CC1. The summed E-state index contributed by atoms with van der Waals surface area (Å²) in [7, 11) is -4.39. The molecule has 1 aliphatic heterocycles. The average molecular weight is 508 g/mol. The van der Waals surface area contributed by atoms with Crippen LogP contribution in [0.3, 0.4) is 0 Å². The van der Waals surface area contributed by atoms with E-state index < -0.39 is 32.6 Å². The summed E-state index contributed by atoms with van der Waals surface area (Å²) >= 11 is 5.67. The third-order valence-electron chi connectivity index (χ3n) is 5.23. The number of hydrogen-bond acceptors (Lipinski definition) is 5. The highest BCUT2D eigenvalue weighted by Gasteiger charge is 2.31. The lowest BCUT2D eigenvalue weighted by atomic mass is 9.98. The predicted octanol–water partition coefficient (Wildman–Crippen LogP) is 2.21. The molecule has 34 heavy (non-hydrogen) atoms. The van der Waals surface area contributed by atoms with E-state index in [-0.39, 0.29) is 35.9 Å². The maximum Gasteiger partial charge on any atom is 0.265 e. The fourth-order valence-corrected chi connectivity index (χ4v) is 4.59. The zero-order valence-corrected chi connectivity index (χ0v) is 19.8. The third kappa shape index (κ3) is 5.99. The van der Waals surface area contributed by atoms with E-state index in [0.717, 1.165) is 22.7 Å². The van der Waals surface area contributed by atoms with Crippen molar-refractivity contribution in [1.82, 2.24) is 15.2 Å². The molecule has 9 nitrogen and oxygen atoms in total. The Morgan fingerprint density at radius 1 is 1.24 bits per heavy atom. The molecule has 5 N–H and O–H groups in total. The Labute approximate surface area is 201 Å². The van der Waals surface area contributed by atoms with Crippen LogP contribution in [0.1, 0.15) is 30.9 Å². The minimum absolute atomic E-state index is 0.0344. The van der Waals surface area contributed by atoms with Crippen LogP contribution in [0, 0.1) is 11.2 Å². The van der Waals surface area contributed by atoms with Crippen molar-refractivity contribution in [3.05, 3.63) is 75.6 Å². The minimum Gasteiger partial charge on any atom is -0.384 e. The molecule has 0 atom stereocenters. The highest BCUT2D eigenvalue weighted by molar-refractivity contribution is 7.89. The standard InChI is InChI=1S/C22H23ClFN5O4S/c1-13-8-9-29(28-34(32,33)19-7-6-16(23)10-18(19)24)22(31)17(13)11-20(30)27-12-14-2-4-15(5-3-14)21(25)26/h2-7,10,28H,8-9,11-12H2,1H3,(H3,25,26)(H,27,30). The number of hydrazine groups is 1. The van der Waals surface area contributed by atoms with Crippen LogP contribution in [0.25, 0.3) is 0 Å². The normalized spacial score (nSPS) is 14.3. The van der Waals surface area contributed by atoms with E-state index in [9.17, 15) is 22.4 Å². The fraction of sp³-hybridized carbons (Fsp3) is 0.227. The van der Waals surface area contributed by atoms with Crippen molar-refractivity contribution >= 4 is 39.3 Å². The number of hydrogen-bond donors (Lipinski definition) is 4. The molecule has 2 aromatic carbocycles. The molecule has 0 spiro atoms. The van der Waals surface area contributed by atoms with E-state index in [1.807, 2.05) is 0 Å². The number of carbonyl (C=O) groups is 2. The number of benzene rings is 2. The lowest BCUT2D eigenvalue weighted by molar-refractivity contribution is -0.131. The van der Waals surface area contributed by atoms with E-state index in [1.165, 1.54) is 6.07 Å². The van der Waals surface area contributed by atoms with Gasteiger partial charge in [0.25, 0.3) is 15.9 Å². The Bertz CT molecular complexity index is 1280. The van der Waals surface area contributed by atoms with Gasteiger partial charge in [0.2, 0.25) is 5.91 Å². The van der Waals surface area contributed by atoms with Crippen molar-refractivity contribution in [3.63, 3.8) is 0 Å². The number of amidine groups is 1. The number of amides is 2. The van der Waals surface area contributed by atoms with Crippen LogP contribution in [-0.4, -0.2) is 37.6 Å². The Kier molecular flexibility index (Phi) is 7.70. The molecule has 0 fully saturated rings. The summed E-state index contributed by atoms with van der Waals surface area (Å²) in [6.45, 7) is 1.93. The van der Waals surface area contributed by atoms with Gasteiger partial charge in [-0.25, -0.2) is 12.8 Å². The Morgan fingerprint density at radius 2 is 1.91 bits per heavy atom. The van der Waals surface area contributed by atoms with Gasteiger partial charge in [-0.3, -0.25) is 20.0 Å². The number of nitrogens with two attached hydrogens (primary N) is 1. The third-order valence-corrected chi connectivity index (χ3v) is 6.84. The minimum atomic E-state index is -4.39. The Hall–Kier alpha value is -3.28. The number of nitrogen functional groups attached to an aromatic ring is 1. The van der Waals surface area contributed by atoms with Crippen molar-refractivity contribution in [2.24, 2.45) is 5.73 Å². The second-order valence-electron chi connectivity index (χ2n) is 7.70. The summed E-state index contributed by atoms with van der Waals surface area (Å²) in [5.74, 6) is -2.21. The largest absolute Gasteiger partial charge is 0.384 e. The molecule has 0 saturated heterocycles. The van der Waals surface area contributed by atoms with Gasteiger partial charge in [0.1, 0.15) is 16.5 Å². The van der Waals surface area contributed by atoms with Gasteiger partial charge in [-0.1, -0.05) is 41.4 Å². The molecule has 0 aromatic heterocycles. The number of rotatable bonds is 8. The molecule has 0 bridgehead atoms. The monoisotopic (exact) mass is 507 g/mol. The van der Waals surface area contributed by atoms with E-state index in [1.54, 1.807) is 31.2 Å². The Balaban J connectivity index is 1.65. The van der Waals surface area contributed by atoms with Crippen LogP contribution >= 0.6 is 11.6 Å². The Morgan fingerprint density at radius 3 is 2.53 bits per heavy atom. The van der Waals surface area contributed by atoms with Gasteiger partial charge in [0.15, 0.2) is 0 Å². The van der Waals surface area contributed by atoms with Crippen LogP contribution in [0.2, 0.25) is 5.02 Å². The van der Waals surface area contributed by atoms with Gasteiger partial charge in [0, 0.05) is 29.2 Å². The molecule has 180 valence electrons. The molecular formula is C22H23ClFN5O4S. The number of nitrogens with zero attached hydrogens (tertiary/aromatic N) is 1. The maximum atomic E-state index is 14.1. The number of nitrogens with one attached hydrogen (secondary N) is 3. The van der Waals surface area contributed by atoms with Crippen molar-refractivity contribution in [2.45, 2.75) is 31.2 Å². The van der Waals surface area contributed by atoms with Crippen LogP contribution < -0.4 is 15.9 Å². The summed E-state index contributed by atoms with van der Waals surface area (Å²) in [4.78, 5) is 26.8. The van der Waals surface area contributed by atoms with Crippen molar-refractivity contribution in [3.8, 4) is 0 Å². The summed E-state index contributed by atoms with van der Waals surface area (Å²) in [6.07, 6.45) is 0.0935. The first-order valence-electron chi connectivity index (χ1n) is 10.2. The molecule has 0 aliphatic carbocycles. The molecule has 0 saturated carbocycles. The smallest absolute Gasteiger partial charge is 0.265 e. The van der Waals surface area contributed by atoms with E-state index >= 15 is 0 Å². The molecule has 2 amide bonds. The van der Waals surface area contributed by atoms with Crippen LogP contribution in [0.4, 0.5) is 4.39 Å². The predicted molar refractivity (Wildman–Crippen MR) is 125 cm³/mol. The van der Waals surface area contributed by atoms with Crippen molar-refractivity contribution < 1.29 is 22.4 Å². The summed E-state index contributed by atoms with van der Waals surface area (Å²) in [5, 5.41) is 11.0. The fourth-order valence-electron chi connectivity index (χ4n) is 3.30. The van der Waals surface area contributed by atoms with Crippen LogP contribution in [0.5, 0.6) is 0 Å². The number of sulfonamides is 1. The van der Waals surface area contributed by atoms with Gasteiger partial charge in [0.05, 0.1) is 6.42 Å². The quantitative estimate of drug-likeness (QED) is 0.319. The van der Waals surface area contributed by atoms with Gasteiger partial charge in [-0.15, -0.1) is 4.83 Å². The second-order valence-corrected chi connectivity index (χ2v) is 9.76. The zero-order chi connectivity index (χ0) is 25.0. The van der Waals surface area contributed by atoms with E-state index in [4.69, 9.17) is 22.7 Å². The first-order chi connectivity index (χ1) is 16.0. The molecule has 12 heteroatoms. The molecular weight excluding hydrogens is 485 g/mol. The van der Waals surface area contributed by atoms with Crippen molar-refractivity contribution in [2.75, 3.05) is 6.54 Å². The summed E-state index contributed by atoms with van der Waals surface area (Å²) in [6, 6.07) is 9.86. The molecule has 0 unspecified atom stereocenters. The highest BCUT2D eigenvalue weighted by atomic mass is 35.5. The molecule has 2 aromatic rings. The molecule has 3 rings (SSSR count). The first-order valence-corrected chi connectivity index (χ1v) is 12.0.